The summed E-state index contributed by atoms with van der Waals surface area (Å²) in [5.41, 5.74) is 1.43. The van der Waals surface area contributed by atoms with Gasteiger partial charge in [-0.05, 0) is 32.7 Å². The highest BCUT2D eigenvalue weighted by atomic mass is 16.2. The smallest absolute Gasteiger partial charge is 0.227 e. The van der Waals surface area contributed by atoms with Gasteiger partial charge in [0.2, 0.25) is 5.91 Å². The maximum atomic E-state index is 12.4. The summed E-state index contributed by atoms with van der Waals surface area (Å²) in [6, 6.07) is 0. The SMILES string of the molecule is CCC1(C(=O)NCc2cnc(C)cn2)CCCNC1. The molecule has 1 atom stereocenters. The van der Waals surface area contributed by atoms with Crippen molar-refractivity contribution < 1.29 is 4.79 Å². The number of hydrogen-bond acceptors (Lipinski definition) is 4. The van der Waals surface area contributed by atoms with Crippen molar-refractivity contribution in [3.8, 4) is 0 Å². The van der Waals surface area contributed by atoms with Gasteiger partial charge in [0.15, 0.2) is 0 Å². The number of rotatable bonds is 4. The molecule has 1 unspecified atom stereocenters. The standard InChI is InChI=1S/C14H22N4O/c1-3-14(5-4-6-15-10-14)13(19)18-9-12-8-16-11(2)7-17-12/h7-8,15H,3-6,9-10H2,1-2H3,(H,18,19). The van der Waals surface area contributed by atoms with Gasteiger partial charge >= 0.3 is 0 Å². The second-order valence-electron chi connectivity index (χ2n) is 5.25. The predicted octanol–water partition coefficient (Wildman–Crippen LogP) is 1.18. The number of nitrogens with one attached hydrogen (secondary N) is 2. The number of hydrogen-bond donors (Lipinski definition) is 2. The molecule has 0 bridgehead atoms. The van der Waals surface area contributed by atoms with E-state index in [1.54, 1.807) is 12.4 Å². The molecule has 2 heterocycles. The molecular formula is C14H22N4O. The number of nitrogens with zero attached hydrogens (tertiary/aromatic N) is 2. The van der Waals surface area contributed by atoms with Crippen LogP contribution in [0.15, 0.2) is 12.4 Å². The van der Waals surface area contributed by atoms with E-state index in [0.29, 0.717) is 6.54 Å². The summed E-state index contributed by atoms with van der Waals surface area (Å²) in [7, 11) is 0. The molecule has 2 rings (SSSR count). The predicted molar refractivity (Wildman–Crippen MR) is 73.4 cm³/mol. The Balaban J connectivity index is 1.94. The lowest BCUT2D eigenvalue weighted by molar-refractivity contribution is -0.132. The Morgan fingerprint density at radius 2 is 2.32 bits per heavy atom. The number of aryl methyl sites for hydroxylation is 1. The van der Waals surface area contributed by atoms with Crippen LogP contribution in [0.4, 0.5) is 0 Å². The molecule has 0 radical (unpaired) electrons. The van der Waals surface area contributed by atoms with Gasteiger partial charge in [-0.2, -0.15) is 0 Å². The van der Waals surface area contributed by atoms with Crippen LogP contribution in [0.2, 0.25) is 0 Å². The van der Waals surface area contributed by atoms with Crippen molar-refractivity contribution in [3.05, 3.63) is 23.8 Å². The van der Waals surface area contributed by atoms with Crippen molar-refractivity contribution >= 4 is 5.91 Å². The van der Waals surface area contributed by atoms with Crippen molar-refractivity contribution in [2.45, 2.75) is 39.7 Å². The molecule has 104 valence electrons. The number of amides is 1. The molecule has 19 heavy (non-hydrogen) atoms. The first-order valence-electron chi connectivity index (χ1n) is 6.93. The second-order valence-corrected chi connectivity index (χ2v) is 5.25. The molecular weight excluding hydrogens is 240 g/mol. The summed E-state index contributed by atoms with van der Waals surface area (Å²) in [5.74, 6) is 0.129. The summed E-state index contributed by atoms with van der Waals surface area (Å²) >= 11 is 0. The number of carbonyl (C=O) groups excluding carboxylic acids is 1. The first kappa shape index (κ1) is 13.9. The molecule has 1 aromatic rings. The molecule has 5 heteroatoms. The highest BCUT2D eigenvalue weighted by molar-refractivity contribution is 5.82. The van der Waals surface area contributed by atoms with Crippen LogP contribution in [0.5, 0.6) is 0 Å². The zero-order chi connectivity index (χ0) is 13.7. The average molecular weight is 262 g/mol. The van der Waals surface area contributed by atoms with Gasteiger partial charge in [0.1, 0.15) is 0 Å². The largest absolute Gasteiger partial charge is 0.350 e. The van der Waals surface area contributed by atoms with Gasteiger partial charge in [-0.3, -0.25) is 14.8 Å². The normalized spacial score (nSPS) is 23.1. The lowest BCUT2D eigenvalue weighted by Crippen LogP contribution is -2.50. The van der Waals surface area contributed by atoms with Gasteiger partial charge in [-0.1, -0.05) is 6.92 Å². The van der Waals surface area contributed by atoms with Crippen molar-refractivity contribution in [2.75, 3.05) is 13.1 Å². The minimum Gasteiger partial charge on any atom is -0.350 e. The molecule has 0 aliphatic carbocycles. The molecule has 1 saturated heterocycles. The van der Waals surface area contributed by atoms with Crippen LogP contribution in [0.3, 0.4) is 0 Å². The fraction of sp³-hybridized carbons (Fsp3) is 0.643. The maximum Gasteiger partial charge on any atom is 0.227 e. The van der Waals surface area contributed by atoms with Gasteiger partial charge in [-0.15, -0.1) is 0 Å². The zero-order valence-corrected chi connectivity index (χ0v) is 11.7. The molecule has 2 N–H and O–H groups in total. The van der Waals surface area contributed by atoms with Gasteiger partial charge < -0.3 is 10.6 Å². The maximum absolute atomic E-state index is 12.4. The van der Waals surface area contributed by atoms with Crippen LogP contribution in [0, 0.1) is 12.3 Å². The molecule has 1 aliphatic heterocycles. The zero-order valence-electron chi connectivity index (χ0n) is 11.7. The first-order chi connectivity index (χ1) is 9.16. The van der Waals surface area contributed by atoms with Gasteiger partial charge in [0.25, 0.3) is 0 Å². The van der Waals surface area contributed by atoms with Crippen LogP contribution in [-0.2, 0) is 11.3 Å². The number of aromatic nitrogens is 2. The third-order valence-electron chi connectivity index (χ3n) is 3.90. The molecule has 1 amide bonds. The lowest BCUT2D eigenvalue weighted by atomic mass is 9.77. The Kier molecular flexibility index (Phi) is 4.47. The van der Waals surface area contributed by atoms with Gasteiger partial charge in [-0.25, -0.2) is 0 Å². The lowest BCUT2D eigenvalue weighted by Gasteiger charge is -2.35. The Bertz CT molecular complexity index is 424. The quantitative estimate of drug-likeness (QED) is 0.855. The fourth-order valence-corrected chi connectivity index (χ4v) is 2.49. The Hall–Kier alpha value is -1.49. The molecule has 0 aromatic carbocycles. The van der Waals surface area contributed by atoms with E-state index >= 15 is 0 Å². The monoisotopic (exact) mass is 262 g/mol. The molecule has 1 aromatic heterocycles. The molecule has 1 aliphatic rings. The molecule has 5 nitrogen and oxygen atoms in total. The van der Waals surface area contributed by atoms with E-state index in [1.165, 1.54) is 0 Å². The van der Waals surface area contributed by atoms with E-state index < -0.39 is 0 Å². The number of piperidine rings is 1. The van der Waals surface area contributed by atoms with E-state index in [1.807, 2.05) is 6.92 Å². The van der Waals surface area contributed by atoms with Crippen LogP contribution >= 0.6 is 0 Å². The Labute approximate surface area is 114 Å². The topological polar surface area (TPSA) is 66.9 Å². The van der Waals surface area contributed by atoms with Crippen molar-refractivity contribution in [2.24, 2.45) is 5.41 Å². The third-order valence-corrected chi connectivity index (χ3v) is 3.90. The van der Waals surface area contributed by atoms with Crippen LogP contribution in [0.1, 0.15) is 37.6 Å². The summed E-state index contributed by atoms with van der Waals surface area (Å²) in [5, 5.41) is 6.32. The van der Waals surface area contributed by atoms with Gasteiger partial charge in [0, 0.05) is 12.7 Å². The van der Waals surface area contributed by atoms with Crippen LogP contribution < -0.4 is 10.6 Å². The average Bonchev–Trinajstić information content (AvgIpc) is 2.47. The van der Waals surface area contributed by atoms with Crippen molar-refractivity contribution in [3.63, 3.8) is 0 Å². The minimum atomic E-state index is -0.254. The molecule has 0 saturated carbocycles. The Morgan fingerprint density at radius 1 is 1.47 bits per heavy atom. The third kappa shape index (κ3) is 3.29. The summed E-state index contributed by atoms with van der Waals surface area (Å²) in [6.07, 6.45) is 6.32. The van der Waals surface area contributed by atoms with Gasteiger partial charge in [0.05, 0.1) is 29.5 Å². The highest BCUT2D eigenvalue weighted by Crippen LogP contribution is 2.30. The fourth-order valence-electron chi connectivity index (χ4n) is 2.49. The van der Waals surface area contributed by atoms with E-state index in [4.69, 9.17) is 0 Å². The summed E-state index contributed by atoms with van der Waals surface area (Å²) in [4.78, 5) is 20.8. The summed E-state index contributed by atoms with van der Waals surface area (Å²) in [6.45, 7) is 6.22. The van der Waals surface area contributed by atoms with Crippen LogP contribution in [-0.4, -0.2) is 29.0 Å². The van der Waals surface area contributed by atoms with E-state index in [9.17, 15) is 4.79 Å². The molecule has 1 fully saturated rings. The molecule has 0 spiro atoms. The first-order valence-corrected chi connectivity index (χ1v) is 6.93. The van der Waals surface area contributed by atoms with Crippen molar-refractivity contribution in [1.82, 2.24) is 20.6 Å². The summed E-state index contributed by atoms with van der Waals surface area (Å²) < 4.78 is 0. The van der Waals surface area contributed by atoms with Crippen molar-refractivity contribution in [1.29, 1.82) is 0 Å². The van der Waals surface area contributed by atoms with E-state index in [2.05, 4.69) is 27.5 Å². The minimum absolute atomic E-state index is 0.129. The highest BCUT2D eigenvalue weighted by Gasteiger charge is 2.37. The second kappa shape index (κ2) is 6.10. The van der Waals surface area contributed by atoms with E-state index in [-0.39, 0.29) is 11.3 Å². The van der Waals surface area contributed by atoms with Crippen LogP contribution in [0.25, 0.3) is 0 Å². The number of carbonyl (C=O) groups is 1. The Morgan fingerprint density at radius 3 is 2.89 bits per heavy atom. The van der Waals surface area contributed by atoms with E-state index in [0.717, 1.165) is 43.7 Å².